The van der Waals surface area contributed by atoms with Crippen molar-refractivity contribution in [1.29, 1.82) is 0 Å². The van der Waals surface area contributed by atoms with E-state index in [4.69, 9.17) is 4.74 Å². The van der Waals surface area contributed by atoms with Crippen molar-refractivity contribution in [3.8, 4) is 0 Å². The molecule has 3 heteroatoms. The van der Waals surface area contributed by atoms with Crippen molar-refractivity contribution in [3.63, 3.8) is 0 Å². The fourth-order valence-corrected chi connectivity index (χ4v) is 1.34. The molecule has 1 heterocycles. The number of nitrogens with one attached hydrogen (secondary N) is 1. The number of nitrogens with zero attached hydrogens (tertiary/aromatic N) is 1. The molecule has 1 atom stereocenters. The van der Waals surface area contributed by atoms with Gasteiger partial charge in [0, 0.05) is 19.0 Å². The number of ether oxygens (including phenoxy) is 1. The Balaban J connectivity index is 2.58. The van der Waals surface area contributed by atoms with E-state index in [2.05, 4.69) is 23.3 Å². The smallest absolute Gasteiger partial charge is 0.0661 e. The van der Waals surface area contributed by atoms with Gasteiger partial charge in [-0.2, -0.15) is 0 Å². The maximum Gasteiger partial charge on any atom is 0.0661 e. The molecule has 0 bridgehead atoms. The minimum absolute atomic E-state index is 0.258. The number of likely N-dealkylation sites (N-methyl/N-ethyl adjacent to an activating group) is 1. The van der Waals surface area contributed by atoms with Crippen LogP contribution in [0.5, 0.6) is 0 Å². The molecule has 1 aromatic heterocycles. The van der Waals surface area contributed by atoms with Crippen LogP contribution in [0, 0.1) is 0 Å². The Hall–Kier alpha value is -0.930. The summed E-state index contributed by atoms with van der Waals surface area (Å²) in [5.74, 6) is 0. The van der Waals surface area contributed by atoms with Crippen molar-refractivity contribution in [2.75, 3.05) is 19.8 Å². The summed E-state index contributed by atoms with van der Waals surface area (Å²) in [6, 6.07) is 4.28. The Morgan fingerprint density at radius 1 is 1.50 bits per heavy atom. The van der Waals surface area contributed by atoms with Crippen LogP contribution in [0.3, 0.4) is 0 Å². The maximum atomic E-state index is 5.41. The lowest BCUT2D eigenvalue weighted by molar-refractivity contribution is 0.123. The topological polar surface area (TPSA) is 34.1 Å². The highest BCUT2D eigenvalue weighted by atomic mass is 16.5. The van der Waals surface area contributed by atoms with E-state index in [9.17, 15) is 0 Å². The quantitative estimate of drug-likeness (QED) is 0.749. The van der Waals surface area contributed by atoms with Crippen molar-refractivity contribution >= 4 is 0 Å². The number of hydrogen-bond acceptors (Lipinski definition) is 3. The highest BCUT2D eigenvalue weighted by Gasteiger charge is 2.09. The second-order valence-electron chi connectivity index (χ2n) is 3.06. The minimum Gasteiger partial charge on any atom is -0.380 e. The summed E-state index contributed by atoms with van der Waals surface area (Å²) in [4.78, 5) is 4.10. The SMILES string of the molecule is CCNC(COCC)c1cccnc1. The van der Waals surface area contributed by atoms with Gasteiger partial charge in [0.2, 0.25) is 0 Å². The Morgan fingerprint density at radius 3 is 2.93 bits per heavy atom. The zero-order valence-corrected chi connectivity index (χ0v) is 8.86. The van der Waals surface area contributed by atoms with Crippen molar-refractivity contribution in [2.24, 2.45) is 0 Å². The lowest BCUT2D eigenvalue weighted by Gasteiger charge is -2.17. The Morgan fingerprint density at radius 2 is 2.36 bits per heavy atom. The second-order valence-corrected chi connectivity index (χ2v) is 3.06. The molecular formula is C11H18N2O. The van der Waals surface area contributed by atoms with Crippen LogP contribution in [0.15, 0.2) is 24.5 Å². The molecular weight excluding hydrogens is 176 g/mol. The van der Waals surface area contributed by atoms with Gasteiger partial charge in [-0.05, 0) is 25.1 Å². The maximum absolute atomic E-state index is 5.41. The monoisotopic (exact) mass is 194 g/mol. The third kappa shape index (κ3) is 3.44. The van der Waals surface area contributed by atoms with Crippen LogP contribution >= 0.6 is 0 Å². The molecule has 0 spiro atoms. The van der Waals surface area contributed by atoms with Gasteiger partial charge in [-0.15, -0.1) is 0 Å². The van der Waals surface area contributed by atoms with Crippen molar-refractivity contribution in [2.45, 2.75) is 19.9 Å². The summed E-state index contributed by atoms with van der Waals surface area (Å²) >= 11 is 0. The van der Waals surface area contributed by atoms with Gasteiger partial charge in [0.25, 0.3) is 0 Å². The zero-order valence-electron chi connectivity index (χ0n) is 8.86. The molecule has 0 aliphatic rings. The van der Waals surface area contributed by atoms with Crippen LogP contribution in [0.1, 0.15) is 25.5 Å². The number of pyridine rings is 1. The van der Waals surface area contributed by atoms with E-state index in [0.29, 0.717) is 6.61 Å². The lowest BCUT2D eigenvalue weighted by atomic mass is 10.1. The van der Waals surface area contributed by atoms with Crippen LogP contribution < -0.4 is 5.32 Å². The Kier molecular flexibility index (Phi) is 5.19. The fourth-order valence-electron chi connectivity index (χ4n) is 1.34. The van der Waals surface area contributed by atoms with Gasteiger partial charge in [-0.25, -0.2) is 0 Å². The van der Waals surface area contributed by atoms with Gasteiger partial charge in [-0.1, -0.05) is 13.0 Å². The molecule has 1 rings (SSSR count). The Bertz CT molecular complexity index is 238. The van der Waals surface area contributed by atoms with Gasteiger partial charge in [0.1, 0.15) is 0 Å². The summed E-state index contributed by atoms with van der Waals surface area (Å²) in [6.45, 7) is 6.49. The Labute approximate surface area is 85.5 Å². The standard InChI is InChI=1S/C11H18N2O/c1-3-13-11(9-14-4-2)10-6-5-7-12-8-10/h5-8,11,13H,3-4,9H2,1-2H3. The summed E-state index contributed by atoms with van der Waals surface area (Å²) in [7, 11) is 0. The molecule has 1 unspecified atom stereocenters. The molecule has 3 nitrogen and oxygen atoms in total. The first kappa shape index (κ1) is 11.1. The molecule has 0 aliphatic carbocycles. The summed E-state index contributed by atoms with van der Waals surface area (Å²) in [5.41, 5.74) is 1.18. The van der Waals surface area contributed by atoms with Gasteiger partial charge in [-0.3, -0.25) is 4.98 Å². The van der Waals surface area contributed by atoms with Gasteiger partial charge in [0.05, 0.1) is 12.6 Å². The van der Waals surface area contributed by atoms with Crippen LogP contribution in [0.4, 0.5) is 0 Å². The van der Waals surface area contributed by atoms with E-state index in [1.54, 1.807) is 6.20 Å². The molecule has 1 aromatic rings. The van der Waals surface area contributed by atoms with E-state index in [1.165, 1.54) is 5.56 Å². The first-order chi connectivity index (χ1) is 6.88. The molecule has 0 amide bonds. The molecule has 1 N–H and O–H groups in total. The first-order valence-corrected chi connectivity index (χ1v) is 5.09. The average molecular weight is 194 g/mol. The fraction of sp³-hybridized carbons (Fsp3) is 0.545. The average Bonchev–Trinajstić information content (AvgIpc) is 2.25. The number of hydrogen-bond donors (Lipinski definition) is 1. The van der Waals surface area contributed by atoms with Crippen LogP contribution in [0.25, 0.3) is 0 Å². The third-order valence-electron chi connectivity index (χ3n) is 2.03. The molecule has 14 heavy (non-hydrogen) atoms. The second kappa shape index (κ2) is 6.51. The molecule has 0 aliphatic heterocycles. The van der Waals surface area contributed by atoms with Crippen LogP contribution in [0.2, 0.25) is 0 Å². The molecule has 0 fully saturated rings. The third-order valence-corrected chi connectivity index (χ3v) is 2.03. The lowest BCUT2D eigenvalue weighted by Crippen LogP contribution is -2.25. The highest BCUT2D eigenvalue weighted by Crippen LogP contribution is 2.11. The molecule has 78 valence electrons. The normalized spacial score (nSPS) is 12.7. The number of aromatic nitrogens is 1. The van der Waals surface area contributed by atoms with Crippen LogP contribution in [-0.4, -0.2) is 24.7 Å². The molecule has 0 radical (unpaired) electrons. The van der Waals surface area contributed by atoms with E-state index >= 15 is 0 Å². The van der Waals surface area contributed by atoms with Crippen LogP contribution in [-0.2, 0) is 4.74 Å². The predicted octanol–water partition coefficient (Wildman–Crippen LogP) is 1.77. The van der Waals surface area contributed by atoms with Crippen molar-refractivity contribution in [3.05, 3.63) is 30.1 Å². The van der Waals surface area contributed by atoms with E-state index in [0.717, 1.165) is 13.2 Å². The minimum atomic E-state index is 0.258. The molecule has 0 saturated carbocycles. The van der Waals surface area contributed by atoms with Crippen molar-refractivity contribution in [1.82, 2.24) is 10.3 Å². The van der Waals surface area contributed by atoms with Crippen molar-refractivity contribution < 1.29 is 4.74 Å². The largest absolute Gasteiger partial charge is 0.380 e. The summed E-state index contributed by atoms with van der Waals surface area (Å²) in [6.07, 6.45) is 3.67. The molecule has 0 aromatic carbocycles. The van der Waals surface area contributed by atoms with Gasteiger partial charge >= 0.3 is 0 Å². The van der Waals surface area contributed by atoms with E-state index < -0.39 is 0 Å². The summed E-state index contributed by atoms with van der Waals surface area (Å²) in [5, 5.41) is 3.37. The molecule has 0 saturated heterocycles. The zero-order chi connectivity index (χ0) is 10.2. The highest BCUT2D eigenvalue weighted by molar-refractivity contribution is 5.13. The van der Waals surface area contributed by atoms with E-state index in [-0.39, 0.29) is 6.04 Å². The number of rotatable bonds is 6. The predicted molar refractivity (Wildman–Crippen MR) is 57.1 cm³/mol. The van der Waals surface area contributed by atoms with Gasteiger partial charge < -0.3 is 10.1 Å². The van der Waals surface area contributed by atoms with Gasteiger partial charge in [0.15, 0.2) is 0 Å². The first-order valence-electron chi connectivity index (χ1n) is 5.09. The van der Waals surface area contributed by atoms with E-state index in [1.807, 2.05) is 19.2 Å². The summed E-state index contributed by atoms with van der Waals surface area (Å²) < 4.78 is 5.41.